The van der Waals surface area contributed by atoms with E-state index in [1.807, 2.05) is 12.1 Å². The summed E-state index contributed by atoms with van der Waals surface area (Å²) < 4.78 is 10.3. The first kappa shape index (κ1) is 13.8. The molecule has 1 aromatic rings. The second-order valence-corrected chi connectivity index (χ2v) is 3.48. The predicted molar refractivity (Wildman–Crippen MR) is 71.8 cm³/mol. The molecule has 1 N–H and O–H groups in total. The van der Waals surface area contributed by atoms with Gasteiger partial charge >= 0.3 is 0 Å². The largest absolute Gasteiger partial charge is 0.497 e. The van der Waals surface area contributed by atoms with Gasteiger partial charge < -0.3 is 14.8 Å². The smallest absolute Gasteiger partial charge is 0.244 e. The van der Waals surface area contributed by atoms with Gasteiger partial charge in [0.15, 0.2) is 0 Å². The molecule has 4 nitrogen and oxygen atoms in total. The van der Waals surface area contributed by atoms with Gasteiger partial charge in [-0.1, -0.05) is 6.08 Å². The van der Waals surface area contributed by atoms with Crippen LogP contribution in [-0.2, 0) is 4.79 Å². The van der Waals surface area contributed by atoms with Crippen LogP contribution in [0.4, 0.5) is 0 Å². The van der Waals surface area contributed by atoms with E-state index in [1.165, 1.54) is 6.08 Å². The second kappa shape index (κ2) is 7.17. The summed E-state index contributed by atoms with van der Waals surface area (Å²) in [6.07, 6.45) is 4.77. The lowest BCUT2D eigenvalue weighted by Crippen LogP contribution is -2.20. The highest BCUT2D eigenvalue weighted by Gasteiger charge is 2.02. The van der Waals surface area contributed by atoms with Crippen LogP contribution in [0.25, 0.3) is 6.08 Å². The SMILES string of the molecule is C=CCNC(=O)/C=C/c1ccc(OC)cc1OC. The summed E-state index contributed by atoms with van der Waals surface area (Å²) in [6.45, 7) is 3.97. The summed E-state index contributed by atoms with van der Waals surface area (Å²) in [7, 11) is 3.16. The number of methoxy groups -OCH3 is 2. The Morgan fingerprint density at radius 3 is 2.78 bits per heavy atom. The maximum atomic E-state index is 11.4. The first-order chi connectivity index (χ1) is 8.71. The minimum absolute atomic E-state index is 0.173. The lowest BCUT2D eigenvalue weighted by Gasteiger charge is -2.07. The van der Waals surface area contributed by atoms with E-state index in [4.69, 9.17) is 9.47 Å². The Labute approximate surface area is 107 Å². The topological polar surface area (TPSA) is 47.6 Å². The van der Waals surface area contributed by atoms with Gasteiger partial charge in [-0.15, -0.1) is 6.58 Å². The minimum Gasteiger partial charge on any atom is -0.497 e. The number of amides is 1. The summed E-state index contributed by atoms with van der Waals surface area (Å²) in [4.78, 5) is 11.4. The Kier molecular flexibility index (Phi) is 5.51. The summed E-state index contributed by atoms with van der Waals surface area (Å²) in [5.41, 5.74) is 0.812. The second-order valence-electron chi connectivity index (χ2n) is 3.48. The van der Waals surface area contributed by atoms with Crippen LogP contribution in [0.2, 0.25) is 0 Å². The van der Waals surface area contributed by atoms with E-state index >= 15 is 0 Å². The van der Waals surface area contributed by atoms with Crippen molar-refractivity contribution in [3.8, 4) is 11.5 Å². The molecule has 0 unspecified atom stereocenters. The Morgan fingerprint density at radius 2 is 2.17 bits per heavy atom. The monoisotopic (exact) mass is 247 g/mol. The Hall–Kier alpha value is -2.23. The lowest BCUT2D eigenvalue weighted by molar-refractivity contribution is -0.116. The summed E-state index contributed by atoms with van der Waals surface area (Å²) in [5.74, 6) is 1.19. The van der Waals surface area contributed by atoms with Gasteiger partial charge in [0.1, 0.15) is 11.5 Å². The van der Waals surface area contributed by atoms with Crippen molar-refractivity contribution in [2.24, 2.45) is 0 Å². The molecule has 0 atom stereocenters. The molecule has 1 rings (SSSR count). The first-order valence-corrected chi connectivity index (χ1v) is 5.50. The lowest BCUT2D eigenvalue weighted by atomic mass is 10.1. The van der Waals surface area contributed by atoms with Crippen LogP contribution >= 0.6 is 0 Å². The zero-order chi connectivity index (χ0) is 13.4. The van der Waals surface area contributed by atoms with E-state index in [2.05, 4.69) is 11.9 Å². The van der Waals surface area contributed by atoms with E-state index in [-0.39, 0.29) is 5.91 Å². The summed E-state index contributed by atoms with van der Waals surface area (Å²) >= 11 is 0. The van der Waals surface area contributed by atoms with Crippen molar-refractivity contribution in [2.75, 3.05) is 20.8 Å². The van der Waals surface area contributed by atoms with Crippen LogP contribution in [0.3, 0.4) is 0 Å². The maximum Gasteiger partial charge on any atom is 0.244 e. The molecule has 1 aromatic carbocycles. The zero-order valence-corrected chi connectivity index (χ0v) is 10.6. The number of carbonyl (C=O) groups is 1. The molecule has 0 aliphatic carbocycles. The molecular formula is C14H17NO3. The van der Waals surface area contributed by atoms with Crippen molar-refractivity contribution in [2.45, 2.75) is 0 Å². The van der Waals surface area contributed by atoms with Crippen LogP contribution in [-0.4, -0.2) is 26.7 Å². The number of hydrogen-bond acceptors (Lipinski definition) is 3. The van der Waals surface area contributed by atoms with Gasteiger partial charge in [-0.3, -0.25) is 4.79 Å². The minimum atomic E-state index is -0.173. The molecule has 0 fully saturated rings. The van der Waals surface area contributed by atoms with Crippen molar-refractivity contribution >= 4 is 12.0 Å². The van der Waals surface area contributed by atoms with Crippen molar-refractivity contribution < 1.29 is 14.3 Å². The number of benzene rings is 1. The van der Waals surface area contributed by atoms with E-state index in [0.29, 0.717) is 18.0 Å². The average Bonchev–Trinajstić information content (AvgIpc) is 2.42. The molecule has 0 bridgehead atoms. The van der Waals surface area contributed by atoms with E-state index < -0.39 is 0 Å². The number of carbonyl (C=O) groups excluding carboxylic acids is 1. The highest BCUT2D eigenvalue weighted by Crippen LogP contribution is 2.25. The zero-order valence-electron chi connectivity index (χ0n) is 10.6. The van der Waals surface area contributed by atoms with E-state index in [0.717, 1.165) is 5.56 Å². The van der Waals surface area contributed by atoms with Crippen molar-refractivity contribution in [3.63, 3.8) is 0 Å². The van der Waals surface area contributed by atoms with Crippen molar-refractivity contribution in [3.05, 3.63) is 42.5 Å². The molecule has 0 heterocycles. The standard InChI is InChI=1S/C14H17NO3/c1-4-9-15-14(16)8-6-11-5-7-12(17-2)10-13(11)18-3/h4-8,10H,1,9H2,2-3H3,(H,15,16)/b8-6+. The molecular weight excluding hydrogens is 230 g/mol. The molecule has 96 valence electrons. The number of hydrogen-bond donors (Lipinski definition) is 1. The van der Waals surface area contributed by atoms with Crippen LogP contribution in [0.15, 0.2) is 36.9 Å². The summed E-state index contributed by atoms with van der Waals surface area (Å²) in [6, 6.07) is 5.40. The molecule has 0 saturated carbocycles. The number of rotatable bonds is 6. The highest BCUT2D eigenvalue weighted by atomic mass is 16.5. The van der Waals surface area contributed by atoms with Crippen LogP contribution < -0.4 is 14.8 Å². The van der Waals surface area contributed by atoms with E-state index in [1.54, 1.807) is 32.4 Å². The molecule has 0 aliphatic heterocycles. The fourth-order valence-corrected chi connectivity index (χ4v) is 1.35. The quantitative estimate of drug-likeness (QED) is 0.618. The predicted octanol–water partition coefficient (Wildman–Crippen LogP) is 2.02. The molecule has 0 spiro atoms. The molecule has 1 amide bonds. The van der Waals surface area contributed by atoms with Crippen LogP contribution in [0, 0.1) is 0 Å². The number of ether oxygens (including phenoxy) is 2. The average molecular weight is 247 g/mol. The molecule has 4 heteroatoms. The van der Waals surface area contributed by atoms with Crippen molar-refractivity contribution in [1.29, 1.82) is 0 Å². The van der Waals surface area contributed by atoms with Gasteiger partial charge in [0.05, 0.1) is 14.2 Å². The molecule has 0 aromatic heterocycles. The van der Waals surface area contributed by atoms with Crippen molar-refractivity contribution in [1.82, 2.24) is 5.32 Å². The summed E-state index contributed by atoms with van der Waals surface area (Å²) in [5, 5.41) is 2.65. The number of nitrogens with one attached hydrogen (secondary N) is 1. The third kappa shape index (κ3) is 3.97. The van der Waals surface area contributed by atoms with Gasteiger partial charge in [-0.05, 0) is 18.2 Å². The molecule has 18 heavy (non-hydrogen) atoms. The van der Waals surface area contributed by atoms with Gasteiger partial charge in [-0.2, -0.15) is 0 Å². The Balaban J connectivity index is 2.80. The van der Waals surface area contributed by atoms with Crippen LogP contribution in [0.5, 0.6) is 11.5 Å². The maximum absolute atomic E-state index is 11.4. The Bertz CT molecular complexity index is 452. The molecule has 0 aliphatic rings. The normalized spacial score (nSPS) is 10.1. The third-order valence-corrected chi connectivity index (χ3v) is 2.28. The highest BCUT2D eigenvalue weighted by molar-refractivity contribution is 5.92. The Morgan fingerprint density at radius 1 is 1.39 bits per heavy atom. The van der Waals surface area contributed by atoms with Gasteiger partial charge in [0.2, 0.25) is 5.91 Å². The van der Waals surface area contributed by atoms with E-state index in [9.17, 15) is 4.79 Å². The first-order valence-electron chi connectivity index (χ1n) is 5.50. The fourth-order valence-electron chi connectivity index (χ4n) is 1.35. The fraction of sp³-hybridized carbons (Fsp3) is 0.214. The van der Waals surface area contributed by atoms with Gasteiger partial charge in [0, 0.05) is 24.3 Å². The molecule has 0 saturated heterocycles. The third-order valence-electron chi connectivity index (χ3n) is 2.28. The van der Waals surface area contributed by atoms with Crippen LogP contribution in [0.1, 0.15) is 5.56 Å². The van der Waals surface area contributed by atoms with Gasteiger partial charge in [-0.25, -0.2) is 0 Å². The van der Waals surface area contributed by atoms with Gasteiger partial charge in [0.25, 0.3) is 0 Å². The molecule has 0 radical (unpaired) electrons.